The molecule has 0 saturated carbocycles. The fourth-order valence-electron chi connectivity index (χ4n) is 1.27. The van der Waals surface area contributed by atoms with Crippen LogP contribution < -0.4 is 11.3 Å². The third kappa shape index (κ3) is 8.34. The van der Waals surface area contributed by atoms with E-state index in [0.717, 1.165) is 12.2 Å². The molecule has 0 fully saturated rings. The molecular formula is C10H22N2S. The van der Waals surface area contributed by atoms with E-state index in [2.05, 4.69) is 18.3 Å². The molecular weight excluding hydrogens is 180 g/mol. The molecule has 0 saturated heterocycles. The highest BCUT2D eigenvalue weighted by Crippen LogP contribution is 2.08. The zero-order valence-electron chi connectivity index (χ0n) is 8.59. The first-order valence-electron chi connectivity index (χ1n) is 4.91. The third-order valence-corrected chi connectivity index (χ3v) is 2.80. The molecule has 2 nitrogen and oxygen atoms in total. The van der Waals surface area contributed by atoms with Gasteiger partial charge in [-0.2, -0.15) is 11.8 Å². The second kappa shape index (κ2) is 10.1. The number of allylic oxidation sites excluding steroid dienone is 1. The molecule has 0 heterocycles. The fourth-order valence-corrected chi connectivity index (χ4v) is 1.94. The zero-order chi connectivity index (χ0) is 9.94. The van der Waals surface area contributed by atoms with Crippen molar-refractivity contribution < 1.29 is 0 Å². The largest absolute Gasteiger partial charge is 0.271 e. The minimum Gasteiger partial charge on any atom is -0.271 e. The Bertz CT molecular complexity index is 117. The van der Waals surface area contributed by atoms with Gasteiger partial charge in [-0.25, -0.2) is 0 Å². The number of hydrogen-bond acceptors (Lipinski definition) is 3. The van der Waals surface area contributed by atoms with Crippen LogP contribution in [0.25, 0.3) is 0 Å². The maximum atomic E-state index is 5.42. The van der Waals surface area contributed by atoms with Crippen LogP contribution in [0.15, 0.2) is 12.7 Å². The summed E-state index contributed by atoms with van der Waals surface area (Å²) in [6.45, 7) is 3.70. The van der Waals surface area contributed by atoms with Crippen LogP contribution in [0.2, 0.25) is 0 Å². The number of hydrogen-bond donors (Lipinski definition) is 2. The first kappa shape index (κ1) is 13.0. The monoisotopic (exact) mass is 202 g/mol. The molecule has 0 aliphatic rings. The number of unbranched alkanes of at least 4 members (excludes halogenated alkanes) is 3. The van der Waals surface area contributed by atoms with Gasteiger partial charge in [0.1, 0.15) is 0 Å². The van der Waals surface area contributed by atoms with Gasteiger partial charge in [0.05, 0.1) is 0 Å². The summed E-state index contributed by atoms with van der Waals surface area (Å²) < 4.78 is 0. The van der Waals surface area contributed by atoms with Gasteiger partial charge in [0, 0.05) is 11.8 Å². The molecule has 1 unspecified atom stereocenters. The van der Waals surface area contributed by atoms with Crippen molar-refractivity contribution in [2.45, 2.75) is 38.1 Å². The summed E-state index contributed by atoms with van der Waals surface area (Å²) in [6.07, 6.45) is 10.3. The van der Waals surface area contributed by atoms with E-state index in [0.29, 0.717) is 6.04 Å². The molecule has 3 N–H and O–H groups in total. The van der Waals surface area contributed by atoms with Crippen molar-refractivity contribution in [1.29, 1.82) is 0 Å². The van der Waals surface area contributed by atoms with E-state index in [9.17, 15) is 0 Å². The van der Waals surface area contributed by atoms with Gasteiger partial charge in [-0.15, -0.1) is 6.58 Å². The minimum atomic E-state index is 0.485. The summed E-state index contributed by atoms with van der Waals surface area (Å²) in [5.41, 5.74) is 2.85. The van der Waals surface area contributed by atoms with Gasteiger partial charge in [0.2, 0.25) is 0 Å². The first-order chi connectivity index (χ1) is 6.35. The average Bonchev–Trinajstić information content (AvgIpc) is 2.16. The summed E-state index contributed by atoms with van der Waals surface area (Å²) in [6, 6.07) is 0.485. The summed E-state index contributed by atoms with van der Waals surface area (Å²) in [4.78, 5) is 0. The Hall–Kier alpha value is 0.01000. The average molecular weight is 202 g/mol. The van der Waals surface area contributed by atoms with Crippen LogP contribution in [0.5, 0.6) is 0 Å². The molecule has 13 heavy (non-hydrogen) atoms. The summed E-state index contributed by atoms with van der Waals surface area (Å²) >= 11 is 1.84. The van der Waals surface area contributed by atoms with Gasteiger partial charge in [-0.3, -0.25) is 11.3 Å². The Morgan fingerprint density at radius 2 is 2.23 bits per heavy atom. The molecule has 0 aromatic rings. The van der Waals surface area contributed by atoms with Crippen molar-refractivity contribution in [3.63, 3.8) is 0 Å². The second-order valence-electron chi connectivity index (χ2n) is 3.25. The number of thioether (sulfide) groups is 1. The molecule has 0 rings (SSSR count). The zero-order valence-corrected chi connectivity index (χ0v) is 9.41. The first-order valence-corrected chi connectivity index (χ1v) is 6.30. The van der Waals surface area contributed by atoms with Crippen LogP contribution in [0, 0.1) is 0 Å². The molecule has 0 aliphatic carbocycles. The van der Waals surface area contributed by atoms with Crippen molar-refractivity contribution >= 4 is 11.8 Å². The van der Waals surface area contributed by atoms with Crippen LogP contribution in [-0.2, 0) is 0 Å². The Morgan fingerprint density at radius 1 is 1.46 bits per heavy atom. The van der Waals surface area contributed by atoms with Crippen molar-refractivity contribution in [2.75, 3.05) is 12.0 Å². The maximum absolute atomic E-state index is 5.42. The number of nitrogens with one attached hydrogen (secondary N) is 1. The predicted molar refractivity (Wildman–Crippen MR) is 62.8 cm³/mol. The lowest BCUT2D eigenvalue weighted by atomic mass is 10.1. The number of nitrogens with two attached hydrogens (primary N) is 1. The maximum Gasteiger partial charge on any atom is 0.0301 e. The van der Waals surface area contributed by atoms with Crippen LogP contribution in [-0.4, -0.2) is 18.1 Å². The third-order valence-electron chi connectivity index (χ3n) is 2.06. The molecule has 0 aromatic heterocycles. The normalized spacial score (nSPS) is 12.8. The molecule has 0 bridgehead atoms. The summed E-state index contributed by atoms with van der Waals surface area (Å²) in [5, 5.41) is 0. The molecule has 3 heteroatoms. The topological polar surface area (TPSA) is 38.0 Å². The summed E-state index contributed by atoms with van der Waals surface area (Å²) in [5.74, 6) is 6.53. The quantitative estimate of drug-likeness (QED) is 0.261. The molecule has 0 aromatic carbocycles. The van der Waals surface area contributed by atoms with Crippen LogP contribution in [0.3, 0.4) is 0 Å². The molecule has 0 amide bonds. The van der Waals surface area contributed by atoms with E-state index in [1.165, 1.54) is 25.7 Å². The van der Waals surface area contributed by atoms with Gasteiger partial charge in [-0.1, -0.05) is 18.9 Å². The van der Waals surface area contributed by atoms with Crippen LogP contribution in [0.1, 0.15) is 32.1 Å². The lowest BCUT2D eigenvalue weighted by Crippen LogP contribution is -2.36. The molecule has 0 spiro atoms. The van der Waals surface area contributed by atoms with Crippen LogP contribution in [0.4, 0.5) is 0 Å². The van der Waals surface area contributed by atoms with Gasteiger partial charge >= 0.3 is 0 Å². The Balaban J connectivity index is 3.22. The standard InChI is InChI=1S/C10H22N2S/c1-3-4-5-6-7-8-10(12-11)9-13-2/h3,10,12H,1,4-9,11H2,2H3. The second-order valence-corrected chi connectivity index (χ2v) is 4.16. The van der Waals surface area contributed by atoms with E-state index >= 15 is 0 Å². The number of hydrazine groups is 1. The molecule has 0 aliphatic heterocycles. The minimum absolute atomic E-state index is 0.485. The highest BCUT2D eigenvalue weighted by Gasteiger charge is 2.03. The predicted octanol–water partition coefficient (Wildman–Crippen LogP) is 2.32. The van der Waals surface area contributed by atoms with Crippen molar-refractivity contribution in [2.24, 2.45) is 5.84 Å². The van der Waals surface area contributed by atoms with Crippen molar-refractivity contribution in [3.05, 3.63) is 12.7 Å². The lowest BCUT2D eigenvalue weighted by Gasteiger charge is -2.13. The van der Waals surface area contributed by atoms with Gasteiger partial charge in [0.15, 0.2) is 0 Å². The Kier molecular flexibility index (Phi) is 10.1. The smallest absolute Gasteiger partial charge is 0.0301 e. The Labute approximate surface area is 86.3 Å². The van der Waals surface area contributed by atoms with Crippen molar-refractivity contribution in [1.82, 2.24) is 5.43 Å². The van der Waals surface area contributed by atoms with Gasteiger partial charge in [0.25, 0.3) is 0 Å². The van der Waals surface area contributed by atoms with E-state index in [-0.39, 0.29) is 0 Å². The SMILES string of the molecule is C=CCCCCCC(CSC)NN. The summed E-state index contributed by atoms with van der Waals surface area (Å²) in [7, 11) is 0. The van der Waals surface area contributed by atoms with E-state index < -0.39 is 0 Å². The fraction of sp³-hybridized carbons (Fsp3) is 0.800. The van der Waals surface area contributed by atoms with Gasteiger partial charge < -0.3 is 0 Å². The van der Waals surface area contributed by atoms with E-state index in [1.54, 1.807) is 0 Å². The van der Waals surface area contributed by atoms with E-state index in [4.69, 9.17) is 5.84 Å². The van der Waals surface area contributed by atoms with E-state index in [1.807, 2.05) is 17.8 Å². The molecule has 78 valence electrons. The van der Waals surface area contributed by atoms with Crippen molar-refractivity contribution in [3.8, 4) is 0 Å². The lowest BCUT2D eigenvalue weighted by molar-refractivity contribution is 0.503. The molecule has 0 radical (unpaired) electrons. The van der Waals surface area contributed by atoms with Crippen LogP contribution >= 0.6 is 11.8 Å². The van der Waals surface area contributed by atoms with Gasteiger partial charge in [-0.05, 0) is 25.5 Å². The highest BCUT2D eigenvalue weighted by molar-refractivity contribution is 7.98. The number of rotatable bonds is 9. The Morgan fingerprint density at radius 3 is 2.77 bits per heavy atom. The molecule has 1 atom stereocenters. The highest BCUT2D eigenvalue weighted by atomic mass is 32.2.